The van der Waals surface area contributed by atoms with Crippen molar-refractivity contribution in [2.45, 2.75) is 20.4 Å². The molecule has 2 aromatic carbocycles. The molecular formula is C20H17Cl3N2O. The maximum atomic E-state index is 13.3. The third-order valence-electron chi connectivity index (χ3n) is 4.12. The summed E-state index contributed by atoms with van der Waals surface area (Å²) in [6.07, 6.45) is 0. The molecular weight excluding hydrogens is 391 g/mol. The maximum Gasteiger partial charge on any atom is 0.273 e. The number of carbonyl (C=O) groups excluding carboxylic acids is 1. The van der Waals surface area contributed by atoms with E-state index in [1.54, 1.807) is 23.2 Å². The first-order chi connectivity index (χ1) is 12.4. The Morgan fingerprint density at radius 1 is 0.885 bits per heavy atom. The van der Waals surface area contributed by atoms with Crippen LogP contribution in [0.2, 0.25) is 15.1 Å². The summed E-state index contributed by atoms with van der Waals surface area (Å²) in [5.41, 5.74) is 3.37. The third kappa shape index (κ3) is 3.90. The predicted molar refractivity (Wildman–Crippen MR) is 108 cm³/mol. The Bertz CT molecular complexity index is 929. The second-order valence-corrected chi connectivity index (χ2v) is 7.30. The van der Waals surface area contributed by atoms with Crippen molar-refractivity contribution in [3.05, 3.63) is 92.2 Å². The normalized spacial score (nSPS) is 10.8. The molecule has 1 heterocycles. The van der Waals surface area contributed by atoms with E-state index in [1.807, 2.05) is 54.9 Å². The molecule has 26 heavy (non-hydrogen) atoms. The number of rotatable bonds is 4. The molecule has 0 radical (unpaired) electrons. The summed E-state index contributed by atoms with van der Waals surface area (Å²) >= 11 is 18.1. The number of aryl methyl sites for hydroxylation is 2. The standard InChI is InChI=1S/C20H17Cl3N2O/c1-13-3-4-14(2)25(13)24(12-15-5-8-17(21)9-6-15)20(26)16-7-10-18(22)19(23)11-16/h3-11H,12H2,1-2H3. The molecule has 0 fully saturated rings. The van der Waals surface area contributed by atoms with Crippen molar-refractivity contribution in [3.63, 3.8) is 0 Å². The average molecular weight is 408 g/mol. The molecule has 0 aliphatic heterocycles. The van der Waals surface area contributed by atoms with Gasteiger partial charge in [0.1, 0.15) is 0 Å². The van der Waals surface area contributed by atoms with E-state index in [0.717, 1.165) is 17.0 Å². The Kier molecular flexibility index (Phi) is 5.61. The Balaban J connectivity index is 2.03. The van der Waals surface area contributed by atoms with Gasteiger partial charge < -0.3 is 0 Å². The lowest BCUT2D eigenvalue weighted by molar-refractivity contribution is 0.0954. The average Bonchev–Trinajstić information content (AvgIpc) is 2.95. The molecule has 134 valence electrons. The Morgan fingerprint density at radius 2 is 1.50 bits per heavy atom. The molecule has 0 unspecified atom stereocenters. The molecule has 0 aliphatic carbocycles. The largest absolute Gasteiger partial charge is 0.273 e. The molecule has 3 nitrogen and oxygen atoms in total. The Morgan fingerprint density at radius 3 is 2.08 bits per heavy atom. The van der Waals surface area contributed by atoms with Crippen LogP contribution in [-0.2, 0) is 6.54 Å². The molecule has 0 saturated carbocycles. The zero-order valence-electron chi connectivity index (χ0n) is 14.3. The molecule has 0 bridgehead atoms. The van der Waals surface area contributed by atoms with E-state index in [1.165, 1.54) is 0 Å². The van der Waals surface area contributed by atoms with Crippen molar-refractivity contribution in [2.24, 2.45) is 0 Å². The number of hydrogen-bond acceptors (Lipinski definition) is 1. The highest BCUT2D eigenvalue weighted by Gasteiger charge is 2.21. The van der Waals surface area contributed by atoms with Crippen molar-refractivity contribution < 1.29 is 4.79 Å². The maximum absolute atomic E-state index is 13.3. The number of benzene rings is 2. The van der Waals surface area contributed by atoms with Gasteiger partial charge in [-0.3, -0.25) is 9.47 Å². The fourth-order valence-electron chi connectivity index (χ4n) is 2.82. The van der Waals surface area contributed by atoms with Gasteiger partial charge in [0.15, 0.2) is 0 Å². The summed E-state index contributed by atoms with van der Waals surface area (Å²) in [5.74, 6) is -0.166. The molecule has 6 heteroatoms. The van der Waals surface area contributed by atoms with Crippen molar-refractivity contribution in [3.8, 4) is 0 Å². The van der Waals surface area contributed by atoms with Gasteiger partial charge >= 0.3 is 0 Å². The monoisotopic (exact) mass is 406 g/mol. The van der Waals surface area contributed by atoms with Crippen LogP contribution in [0.4, 0.5) is 0 Å². The van der Waals surface area contributed by atoms with E-state index in [9.17, 15) is 4.79 Å². The van der Waals surface area contributed by atoms with Crippen LogP contribution in [0.25, 0.3) is 0 Å². The Hall–Kier alpha value is -1.94. The van der Waals surface area contributed by atoms with E-state index in [4.69, 9.17) is 34.8 Å². The number of nitrogens with zero attached hydrogens (tertiary/aromatic N) is 2. The first kappa shape index (κ1) is 18.8. The highest BCUT2D eigenvalue weighted by atomic mass is 35.5. The predicted octanol–water partition coefficient (Wildman–Crippen LogP) is 6.04. The number of halogens is 3. The minimum Gasteiger partial charge on any atom is -0.267 e. The van der Waals surface area contributed by atoms with Crippen molar-refractivity contribution in [1.82, 2.24) is 4.68 Å². The highest BCUT2D eigenvalue weighted by molar-refractivity contribution is 6.42. The van der Waals surface area contributed by atoms with Crippen LogP contribution in [-0.4, -0.2) is 10.6 Å². The van der Waals surface area contributed by atoms with Gasteiger partial charge in [0.05, 0.1) is 16.6 Å². The van der Waals surface area contributed by atoms with Crippen molar-refractivity contribution in [1.29, 1.82) is 0 Å². The van der Waals surface area contributed by atoms with Crippen LogP contribution in [0, 0.1) is 13.8 Å². The molecule has 1 amide bonds. The number of amides is 1. The van der Waals surface area contributed by atoms with Crippen molar-refractivity contribution in [2.75, 3.05) is 5.01 Å². The van der Waals surface area contributed by atoms with Gasteiger partial charge in [0.2, 0.25) is 0 Å². The van der Waals surface area contributed by atoms with Crippen LogP contribution in [0.1, 0.15) is 27.3 Å². The van der Waals surface area contributed by atoms with E-state index in [0.29, 0.717) is 27.2 Å². The van der Waals surface area contributed by atoms with E-state index in [2.05, 4.69) is 0 Å². The summed E-state index contributed by atoms with van der Waals surface area (Å²) in [4.78, 5) is 13.3. The first-order valence-electron chi connectivity index (χ1n) is 8.03. The molecule has 3 rings (SSSR count). The fourth-order valence-corrected chi connectivity index (χ4v) is 3.24. The molecule has 0 spiro atoms. The summed E-state index contributed by atoms with van der Waals surface area (Å²) in [6.45, 7) is 4.32. The smallest absolute Gasteiger partial charge is 0.267 e. The SMILES string of the molecule is Cc1ccc(C)n1N(Cc1ccc(Cl)cc1)C(=O)c1ccc(Cl)c(Cl)c1. The minimum absolute atomic E-state index is 0.166. The summed E-state index contributed by atoms with van der Waals surface area (Å²) in [6, 6.07) is 16.3. The van der Waals surface area contributed by atoms with Crippen LogP contribution < -0.4 is 5.01 Å². The molecule has 1 aromatic heterocycles. The van der Waals surface area contributed by atoms with Gasteiger partial charge in [-0.2, -0.15) is 0 Å². The van der Waals surface area contributed by atoms with E-state index in [-0.39, 0.29) is 5.91 Å². The summed E-state index contributed by atoms with van der Waals surface area (Å²) in [7, 11) is 0. The molecule has 3 aromatic rings. The molecule has 0 N–H and O–H groups in total. The van der Waals surface area contributed by atoms with Crippen LogP contribution in [0.3, 0.4) is 0 Å². The lowest BCUT2D eigenvalue weighted by Crippen LogP contribution is -2.41. The molecule has 0 saturated heterocycles. The highest BCUT2D eigenvalue weighted by Crippen LogP contribution is 2.24. The van der Waals surface area contributed by atoms with Gasteiger partial charge in [-0.1, -0.05) is 46.9 Å². The lowest BCUT2D eigenvalue weighted by Gasteiger charge is -2.27. The van der Waals surface area contributed by atoms with Crippen LogP contribution in [0.5, 0.6) is 0 Å². The zero-order chi connectivity index (χ0) is 18.8. The molecule has 0 atom stereocenters. The number of carbonyl (C=O) groups is 1. The number of hydrogen-bond donors (Lipinski definition) is 0. The van der Waals surface area contributed by atoms with Gasteiger partial charge in [0.25, 0.3) is 5.91 Å². The second kappa shape index (κ2) is 7.75. The van der Waals surface area contributed by atoms with Crippen LogP contribution >= 0.6 is 34.8 Å². The first-order valence-corrected chi connectivity index (χ1v) is 9.17. The van der Waals surface area contributed by atoms with Crippen molar-refractivity contribution >= 4 is 40.7 Å². The minimum atomic E-state index is -0.166. The quantitative estimate of drug-likeness (QED) is 0.517. The van der Waals surface area contributed by atoms with Gasteiger partial charge in [-0.15, -0.1) is 0 Å². The third-order valence-corrected chi connectivity index (χ3v) is 5.11. The zero-order valence-corrected chi connectivity index (χ0v) is 16.6. The van der Waals surface area contributed by atoms with Gasteiger partial charge in [-0.05, 0) is 61.9 Å². The lowest BCUT2D eigenvalue weighted by atomic mass is 10.2. The summed E-state index contributed by atoms with van der Waals surface area (Å²) in [5, 5.41) is 3.11. The number of aromatic nitrogens is 1. The molecule has 0 aliphatic rings. The van der Waals surface area contributed by atoms with E-state index >= 15 is 0 Å². The Labute approximate surface area is 167 Å². The fraction of sp³-hybridized carbons (Fsp3) is 0.150. The second-order valence-electron chi connectivity index (χ2n) is 6.05. The topological polar surface area (TPSA) is 25.2 Å². The van der Waals surface area contributed by atoms with Gasteiger partial charge in [0, 0.05) is 22.0 Å². The van der Waals surface area contributed by atoms with E-state index < -0.39 is 0 Å². The van der Waals surface area contributed by atoms with Gasteiger partial charge in [-0.25, -0.2) is 5.01 Å². The summed E-state index contributed by atoms with van der Waals surface area (Å²) < 4.78 is 1.90. The van der Waals surface area contributed by atoms with Crippen LogP contribution in [0.15, 0.2) is 54.6 Å².